The van der Waals surface area contributed by atoms with Crippen molar-refractivity contribution in [2.45, 2.75) is 6.92 Å². The summed E-state index contributed by atoms with van der Waals surface area (Å²) in [6, 6.07) is 14.5. The highest BCUT2D eigenvalue weighted by Gasteiger charge is 2.29. The zero-order chi connectivity index (χ0) is 21.4. The number of nitrogens with zero attached hydrogens (tertiary/aromatic N) is 2. The van der Waals surface area contributed by atoms with E-state index in [1.807, 2.05) is 0 Å². The Hall–Kier alpha value is -3.35. The zero-order valence-electron chi connectivity index (χ0n) is 15.6. The average Bonchev–Trinajstić information content (AvgIpc) is 3.30. The number of anilines is 1. The lowest BCUT2D eigenvalue weighted by atomic mass is 10.1. The molecule has 0 saturated carbocycles. The second-order valence-electron chi connectivity index (χ2n) is 6.54. The van der Waals surface area contributed by atoms with Gasteiger partial charge in [-0.2, -0.15) is 10.1 Å². The molecule has 2 aromatic carbocycles. The number of hydrogen-bond acceptors (Lipinski definition) is 4. The number of carboxylic acid groups (broad SMARTS) is 1. The minimum Gasteiger partial charge on any atom is -0.478 e. The summed E-state index contributed by atoms with van der Waals surface area (Å²) in [7, 11) is 0. The zero-order valence-corrected chi connectivity index (χ0v) is 17.1. The summed E-state index contributed by atoms with van der Waals surface area (Å²) in [6.07, 6.45) is 1.59. The van der Waals surface area contributed by atoms with Gasteiger partial charge in [0, 0.05) is 10.6 Å². The minimum absolute atomic E-state index is 0.0691. The first-order chi connectivity index (χ1) is 14.3. The molecule has 1 aliphatic rings. The molecule has 0 atom stereocenters. The van der Waals surface area contributed by atoms with Crippen molar-refractivity contribution in [3.05, 3.63) is 81.5 Å². The van der Waals surface area contributed by atoms with Crippen LogP contribution >= 0.6 is 23.2 Å². The number of aromatic carboxylic acids is 1. The summed E-state index contributed by atoms with van der Waals surface area (Å²) >= 11 is 12.3. The first-order valence-corrected chi connectivity index (χ1v) is 9.59. The van der Waals surface area contributed by atoms with Crippen LogP contribution in [0.3, 0.4) is 0 Å². The Morgan fingerprint density at radius 3 is 2.70 bits per heavy atom. The largest absolute Gasteiger partial charge is 0.478 e. The lowest BCUT2D eigenvalue weighted by molar-refractivity contribution is -0.114. The first kappa shape index (κ1) is 19.9. The van der Waals surface area contributed by atoms with Gasteiger partial charge in [-0.05, 0) is 61.5 Å². The summed E-state index contributed by atoms with van der Waals surface area (Å²) in [4.78, 5) is 24.1. The standard InChI is InChI=1S/C22H14Cl2N2O4/c1-12-17(21(27)26(25-12)15-4-2-3-13(9-15)22(28)29)11-16-6-8-20(30-16)18-10-14(23)5-7-19(18)24/h2-11H,1H3,(H,28,29)/b17-11-. The number of hydrogen-bond donors (Lipinski definition) is 1. The number of carbonyl (C=O) groups excluding carboxylic acids is 1. The molecule has 1 aromatic heterocycles. The maximum absolute atomic E-state index is 12.9. The molecule has 0 spiro atoms. The van der Waals surface area contributed by atoms with E-state index in [9.17, 15) is 9.59 Å². The summed E-state index contributed by atoms with van der Waals surface area (Å²) in [6.45, 7) is 1.70. The van der Waals surface area contributed by atoms with Crippen LogP contribution in [0.1, 0.15) is 23.0 Å². The molecule has 0 aliphatic carbocycles. The van der Waals surface area contributed by atoms with Crippen molar-refractivity contribution < 1.29 is 19.1 Å². The highest BCUT2D eigenvalue weighted by atomic mass is 35.5. The second kappa shape index (κ2) is 7.82. The summed E-state index contributed by atoms with van der Waals surface area (Å²) in [5.74, 6) is -0.503. The maximum Gasteiger partial charge on any atom is 0.335 e. The molecule has 0 bridgehead atoms. The van der Waals surface area contributed by atoms with Crippen LogP contribution in [0, 0.1) is 0 Å². The summed E-state index contributed by atoms with van der Waals surface area (Å²) in [5.41, 5.74) is 1.91. The normalized spacial score (nSPS) is 15.0. The second-order valence-corrected chi connectivity index (χ2v) is 7.39. The minimum atomic E-state index is -1.08. The number of rotatable bonds is 4. The van der Waals surface area contributed by atoms with Crippen LogP contribution in [-0.4, -0.2) is 22.7 Å². The van der Waals surface area contributed by atoms with Gasteiger partial charge in [0.1, 0.15) is 11.5 Å². The molecular weight excluding hydrogens is 427 g/mol. The van der Waals surface area contributed by atoms with Crippen LogP contribution in [0.4, 0.5) is 5.69 Å². The fraction of sp³-hybridized carbons (Fsp3) is 0.0455. The average molecular weight is 441 g/mol. The van der Waals surface area contributed by atoms with E-state index in [0.717, 1.165) is 0 Å². The highest BCUT2D eigenvalue weighted by molar-refractivity contribution is 6.35. The van der Waals surface area contributed by atoms with Gasteiger partial charge < -0.3 is 9.52 Å². The third-order valence-corrected chi connectivity index (χ3v) is 5.07. The Labute approximate surface area is 181 Å². The van der Waals surface area contributed by atoms with Gasteiger partial charge in [-0.15, -0.1) is 0 Å². The van der Waals surface area contributed by atoms with Gasteiger partial charge in [0.05, 0.1) is 27.6 Å². The van der Waals surface area contributed by atoms with Crippen molar-refractivity contribution in [2.24, 2.45) is 5.10 Å². The van der Waals surface area contributed by atoms with E-state index < -0.39 is 5.97 Å². The molecule has 1 amide bonds. The molecule has 150 valence electrons. The van der Waals surface area contributed by atoms with Gasteiger partial charge in [-0.25, -0.2) is 4.79 Å². The fourth-order valence-corrected chi connectivity index (χ4v) is 3.42. The molecule has 1 N–H and O–H groups in total. The number of benzene rings is 2. The van der Waals surface area contributed by atoms with Crippen LogP contribution in [-0.2, 0) is 4.79 Å². The van der Waals surface area contributed by atoms with Crippen LogP contribution < -0.4 is 5.01 Å². The van der Waals surface area contributed by atoms with Crippen molar-refractivity contribution in [1.29, 1.82) is 0 Å². The number of furan rings is 1. The fourth-order valence-electron chi connectivity index (χ4n) is 3.03. The van der Waals surface area contributed by atoms with Gasteiger partial charge in [-0.1, -0.05) is 29.3 Å². The van der Waals surface area contributed by atoms with Gasteiger partial charge in [0.25, 0.3) is 5.91 Å². The summed E-state index contributed by atoms with van der Waals surface area (Å²) in [5, 5.41) is 15.6. The van der Waals surface area contributed by atoms with Gasteiger partial charge in [-0.3, -0.25) is 4.79 Å². The number of halogens is 2. The number of carbonyl (C=O) groups is 2. The van der Waals surface area contributed by atoms with Crippen molar-refractivity contribution in [3.63, 3.8) is 0 Å². The lowest BCUT2D eigenvalue weighted by Gasteiger charge is -2.12. The molecule has 2 heterocycles. The van der Waals surface area contributed by atoms with Crippen LogP contribution in [0.5, 0.6) is 0 Å². The van der Waals surface area contributed by atoms with Gasteiger partial charge in [0.15, 0.2) is 0 Å². The third kappa shape index (κ3) is 3.75. The predicted octanol–water partition coefficient (Wildman–Crippen LogP) is 5.76. The topological polar surface area (TPSA) is 83.1 Å². The molecule has 1 aliphatic heterocycles. The molecule has 8 heteroatoms. The van der Waals surface area contributed by atoms with Gasteiger partial charge >= 0.3 is 5.97 Å². The van der Waals surface area contributed by atoms with Crippen molar-refractivity contribution in [2.75, 3.05) is 5.01 Å². The molecule has 30 heavy (non-hydrogen) atoms. The maximum atomic E-state index is 12.9. The lowest BCUT2D eigenvalue weighted by Crippen LogP contribution is -2.21. The third-order valence-electron chi connectivity index (χ3n) is 4.51. The van der Waals surface area contributed by atoms with E-state index in [1.165, 1.54) is 17.1 Å². The number of amides is 1. The monoisotopic (exact) mass is 440 g/mol. The molecule has 6 nitrogen and oxygen atoms in total. The Morgan fingerprint density at radius 2 is 1.93 bits per heavy atom. The smallest absolute Gasteiger partial charge is 0.335 e. The van der Waals surface area contributed by atoms with Crippen LogP contribution in [0.15, 0.2) is 69.7 Å². The molecule has 0 saturated heterocycles. The molecule has 0 fully saturated rings. The van der Waals surface area contributed by atoms with E-state index in [1.54, 1.807) is 55.5 Å². The Bertz CT molecular complexity index is 1240. The molecule has 3 aromatic rings. The Morgan fingerprint density at radius 1 is 1.13 bits per heavy atom. The van der Waals surface area contributed by atoms with E-state index in [4.69, 9.17) is 32.7 Å². The molecule has 0 radical (unpaired) electrons. The van der Waals surface area contributed by atoms with E-state index >= 15 is 0 Å². The Kier molecular flexibility index (Phi) is 5.20. The first-order valence-electron chi connectivity index (χ1n) is 8.84. The highest BCUT2D eigenvalue weighted by Crippen LogP contribution is 2.33. The van der Waals surface area contributed by atoms with Crippen LogP contribution in [0.2, 0.25) is 10.0 Å². The van der Waals surface area contributed by atoms with Crippen molar-refractivity contribution >= 4 is 52.6 Å². The van der Waals surface area contributed by atoms with Gasteiger partial charge in [0.2, 0.25) is 0 Å². The number of hydrazone groups is 1. The molecule has 4 rings (SSSR count). The quantitative estimate of drug-likeness (QED) is 0.522. The summed E-state index contributed by atoms with van der Waals surface area (Å²) < 4.78 is 5.83. The SMILES string of the molecule is CC1=NN(c2cccc(C(=O)O)c2)C(=O)/C1=C\c1ccc(-c2cc(Cl)ccc2Cl)o1. The number of carboxylic acids is 1. The molecule has 0 unspecified atom stereocenters. The predicted molar refractivity (Wildman–Crippen MR) is 116 cm³/mol. The van der Waals surface area contributed by atoms with E-state index in [2.05, 4.69) is 5.10 Å². The molecular formula is C22H14Cl2N2O4. The van der Waals surface area contributed by atoms with Crippen molar-refractivity contribution in [1.82, 2.24) is 0 Å². The van der Waals surface area contributed by atoms with E-state index in [0.29, 0.717) is 44.1 Å². The van der Waals surface area contributed by atoms with E-state index in [-0.39, 0.29) is 11.5 Å². The van der Waals surface area contributed by atoms with Crippen molar-refractivity contribution in [3.8, 4) is 11.3 Å². The van der Waals surface area contributed by atoms with Crippen LogP contribution in [0.25, 0.3) is 17.4 Å². The Balaban J connectivity index is 1.64.